The molecular weight excluding hydrogens is 331 g/mol. The maximum atomic E-state index is 13.1. The minimum Gasteiger partial charge on any atom is -0.481 e. The first-order valence-corrected chi connectivity index (χ1v) is 7.60. The average molecular weight is 345 g/mol. The van der Waals surface area contributed by atoms with E-state index in [1.165, 1.54) is 6.07 Å². The van der Waals surface area contributed by atoms with Crippen LogP contribution in [-0.4, -0.2) is 23.3 Å². The number of rotatable bonds is 1. The van der Waals surface area contributed by atoms with Gasteiger partial charge < -0.3 is 10.4 Å². The maximum Gasteiger partial charge on any atom is 0.409 e. The minimum absolute atomic E-state index is 0.192. The molecule has 0 amide bonds. The van der Waals surface area contributed by atoms with Crippen LogP contribution in [-0.2, 0) is 11.2 Å². The molecule has 2 aromatic rings. The lowest BCUT2D eigenvalue weighted by Crippen LogP contribution is -2.49. The largest absolute Gasteiger partial charge is 0.481 e. The van der Waals surface area contributed by atoms with E-state index in [9.17, 15) is 18.0 Å². The van der Waals surface area contributed by atoms with Crippen molar-refractivity contribution in [3.8, 4) is 11.8 Å². The number of anilines is 1. The summed E-state index contributed by atoms with van der Waals surface area (Å²) in [5.74, 6) is 2.88. The van der Waals surface area contributed by atoms with Crippen LogP contribution in [0.25, 0.3) is 0 Å². The second-order valence-corrected chi connectivity index (χ2v) is 5.80. The van der Waals surface area contributed by atoms with Gasteiger partial charge in [0.05, 0.1) is 5.92 Å². The van der Waals surface area contributed by atoms with Crippen molar-refractivity contribution < 1.29 is 23.1 Å². The summed E-state index contributed by atoms with van der Waals surface area (Å²) in [6.07, 6.45) is -4.82. The highest BCUT2D eigenvalue weighted by Crippen LogP contribution is 2.37. The van der Waals surface area contributed by atoms with Crippen molar-refractivity contribution in [2.75, 3.05) is 5.32 Å². The second-order valence-electron chi connectivity index (χ2n) is 5.80. The number of alkyl halides is 3. The van der Waals surface area contributed by atoms with Gasteiger partial charge in [-0.2, -0.15) is 13.2 Å². The molecule has 1 aliphatic rings. The van der Waals surface area contributed by atoms with E-state index >= 15 is 0 Å². The molecule has 0 unspecified atom stereocenters. The Morgan fingerprint density at radius 3 is 2.40 bits per heavy atom. The summed E-state index contributed by atoms with van der Waals surface area (Å²) in [5, 5.41) is 11.5. The number of halogens is 3. The summed E-state index contributed by atoms with van der Waals surface area (Å²) in [7, 11) is 0. The number of benzene rings is 2. The van der Waals surface area contributed by atoms with Crippen LogP contribution in [0.15, 0.2) is 48.5 Å². The van der Waals surface area contributed by atoms with Gasteiger partial charge in [-0.25, -0.2) is 0 Å². The predicted molar refractivity (Wildman–Crippen MR) is 87.2 cm³/mol. The number of carbonyl (C=O) groups is 1. The molecule has 2 atom stereocenters. The fourth-order valence-corrected chi connectivity index (χ4v) is 2.81. The molecule has 128 valence electrons. The zero-order valence-electron chi connectivity index (χ0n) is 13.0. The SMILES string of the molecule is O=C(O)[C@@H]1Cc2cc(C#Cc3ccccc3)ccc2N[C@@H]1C(F)(F)F. The maximum absolute atomic E-state index is 13.1. The molecule has 1 aliphatic heterocycles. The molecule has 0 aliphatic carbocycles. The first-order chi connectivity index (χ1) is 11.8. The number of carboxylic acid groups (broad SMARTS) is 1. The normalized spacial score (nSPS) is 19.2. The average Bonchev–Trinajstić information content (AvgIpc) is 2.58. The van der Waals surface area contributed by atoms with Crippen LogP contribution < -0.4 is 5.32 Å². The molecule has 0 saturated heterocycles. The van der Waals surface area contributed by atoms with Crippen molar-refractivity contribution >= 4 is 11.7 Å². The minimum atomic E-state index is -4.63. The van der Waals surface area contributed by atoms with Crippen molar-refractivity contribution in [3.05, 3.63) is 65.2 Å². The third-order valence-electron chi connectivity index (χ3n) is 4.05. The molecule has 6 heteroatoms. The Labute approximate surface area is 142 Å². The third-order valence-corrected chi connectivity index (χ3v) is 4.05. The molecule has 2 aromatic carbocycles. The number of hydrogen-bond acceptors (Lipinski definition) is 2. The van der Waals surface area contributed by atoms with Gasteiger partial charge in [0.25, 0.3) is 0 Å². The Kier molecular flexibility index (Phi) is 4.41. The van der Waals surface area contributed by atoms with E-state index in [0.29, 0.717) is 16.8 Å². The van der Waals surface area contributed by atoms with Crippen molar-refractivity contribution in [2.24, 2.45) is 5.92 Å². The Bertz CT molecular complexity index is 850. The van der Waals surface area contributed by atoms with Crippen LogP contribution in [0.3, 0.4) is 0 Å². The zero-order valence-corrected chi connectivity index (χ0v) is 13.0. The fraction of sp³-hybridized carbons (Fsp3) is 0.211. The summed E-state index contributed by atoms with van der Waals surface area (Å²) in [5.41, 5.74) is 2.26. The Morgan fingerprint density at radius 1 is 1.08 bits per heavy atom. The molecule has 2 N–H and O–H groups in total. The van der Waals surface area contributed by atoms with Gasteiger partial charge in [-0.1, -0.05) is 30.0 Å². The molecule has 0 radical (unpaired) electrons. The van der Waals surface area contributed by atoms with E-state index < -0.39 is 24.1 Å². The van der Waals surface area contributed by atoms with Crippen LogP contribution >= 0.6 is 0 Å². The van der Waals surface area contributed by atoms with E-state index in [1.54, 1.807) is 12.1 Å². The van der Waals surface area contributed by atoms with Gasteiger partial charge >= 0.3 is 12.1 Å². The first kappa shape index (κ1) is 16.9. The highest BCUT2D eigenvalue weighted by molar-refractivity contribution is 5.75. The molecular formula is C19H14F3NO2. The van der Waals surface area contributed by atoms with E-state index in [2.05, 4.69) is 17.2 Å². The van der Waals surface area contributed by atoms with Gasteiger partial charge in [0, 0.05) is 16.8 Å². The van der Waals surface area contributed by atoms with Gasteiger partial charge in [-0.3, -0.25) is 4.79 Å². The summed E-state index contributed by atoms with van der Waals surface area (Å²) in [4.78, 5) is 11.2. The zero-order chi connectivity index (χ0) is 18.0. The van der Waals surface area contributed by atoms with Gasteiger partial charge in [0.15, 0.2) is 0 Å². The van der Waals surface area contributed by atoms with Gasteiger partial charge in [0.2, 0.25) is 0 Å². The quantitative estimate of drug-likeness (QED) is 0.775. The Hall–Kier alpha value is -2.94. The smallest absolute Gasteiger partial charge is 0.409 e. The number of fused-ring (bicyclic) bond motifs is 1. The summed E-state index contributed by atoms with van der Waals surface area (Å²) in [6, 6.07) is 12.0. The Morgan fingerprint density at radius 2 is 1.76 bits per heavy atom. The molecule has 0 saturated carbocycles. The molecule has 0 spiro atoms. The predicted octanol–water partition coefficient (Wildman–Crippen LogP) is 3.69. The van der Waals surface area contributed by atoms with Crippen molar-refractivity contribution in [3.63, 3.8) is 0 Å². The van der Waals surface area contributed by atoms with Gasteiger partial charge in [-0.05, 0) is 42.3 Å². The lowest BCUT2D eigenvalue weighted by molar-refractivity contribution is -0.169. The van der Waals surface area contributed by atoms with E-state index in [0.717, 1.165) is 5.56 Å². The fourth-order valence-electron chi connectivity index (χ4n) is 2.81. The lowest BCUT2D eigenvalue weighted by Gasteiger charge is -2.33. The van der Waals surface area contributed by atoms with E-state index in [4.69, 9.17) is 5.11 Å². The van der Waals surface area contributed by atoms with Crippen LogP contribution in [0, 0.1) is 17.8 Å². The van der Waals surface area contributed by atoms with Crippen LogP contribution in [0.2, 0.25) is 0 Å². The molecule has 0 aromatic heterocycles. The monoisotopic (exact) mass is 345 g/mol. The van der Waals surface area contributed by atoms with Gasteiger partial charge in [-0.15, -0.1) is 0 Å². The molecule has 3 rings (SSSR count). The van der Waals surface area contributed by atoms with Crippen molar-refractivity contribution in [1.82, 2.24) is 0 Å². The van der Waals surface area contributed by atoms with Crippen LogP contribution in [0.1, 0.15) is 16.7 Å². The van der Waals surface area contributed by atoms with Gasteiger partial charge in [0.1, 0.15) is 6.04 Å². The summed E-state index contributed by atoms with van der Waals surface area (Å²) in [6.45, 7) is 0. The number of hydrogen-bond donors (Lipinski definition) is 2. The molecule has 0 fully saturated rings. The van der Waals surface area contributed by atoms with E-state index in [1.807, 2.05) is 30.3 Å². The van der Waals surface area contributed by atoms with Crippen LogP contribution in [0.5, 0.6) is 0 Å². The number of nitrogens with one attached hydrogen (secondary N) is 1. The van der Waals surface area contributed by atoms with Crippen LogP contribution in [0.4, 0.5) is 18.9 Å². The molecule has 1 heterocycles. The van der Waals surface area contributed by atoms with E-state index in [-0.39, 0.29) is 6.42 Å². The third kappa shape index (κ3) is 3.77. The highest BCUT2D eigenvalue weighted by Gasteiger charge is 2.49. The Balaban J connectivity index is 1.90. The molecule has 3 nitrogen and oxygen atoms in total. The highest BCUT2D eigenvalue weighted by atomic mass is 19.4. The first-order valence-electron chi connectivity index (χ1n) is 7.60. The second kappa shape index (κ2) is 6.52. The lowest BCUT2D eigenvalue weighted by atomic mass is 9.86. The van der Waals surface area contributed by atoms with Crippen molar-refractivity contribution in [2.45, 2.75) is 18.6 Å². The number of aliphatic carboxylic acids is 1. The number of carboxylic acids is 1. The van der Waals surface area contributed by atoms with Crippen molar-refractivity contribution in [1.29, 1.82) is 0 Å². The standard InChI is InChI=1S/C19H14F3NO2/c20-19(21,22)17-15(18(24)25)11-14-10-13(8-9-16(14)23-17)7-6-12-4-2-1-3-5-12/h1-5,8-10,15,17,23H,11H2,(H,24,25)/t15-,17+/m1/s1. The molecule has 25 heavy (non-hydrogen) atoms. The topological polar surface area (TPSA) is 49.3 Å². The summed E-state index contributed by atoms with van der Waals surface area (Å²) < 4.78 is 39.3. The summed E-state index contributed by atoms with van der Waals surface area (Å²) >= 11 is 0. The molecule has 0 bridgehead atoms.